The monoisotopic (exact) mass is 277 g/mol. The van der Waals surface area contributed by atoms with Crippen molar-refractivity contribution >= 4 is 9.84 Å². The minimum atomic E-state index is -2.96. The van der Waals surface area contributed by atoms with Crippen LogP contribution in [0.1, 0.15) is 46.5 Å². The average Bonchev–Trinajstić information content (AvgIpc) is 2.31. The molecule has 0 aromatic heterocycles. The maximum Gasteiger partial charge on any atom is 0.154 e. The minimum Gasteiger partial charge on any atom is -0.377 e. The largest absolute Gasteiger partial charge is 0.377 e. The molecular weight excluding hydrogens is 250 g/mol. The van der Waals surface area contributed by atoms with E-state index < -0.39 is 9.84 Å². The molecule has 1 fully saturated rings. The Morgan fingerprint density at radius 1 is 1.22 bits per heavy atom. The highest BCUT2D eigenvalue weighted by atomic mass is 32.2. The summed E-state index contributed by atoms with van der Waals surface area (Å²) in [6.45, 7) is 6.92. The third kappa shape index (κ3) is 5.24. The van der Waals surface area contributed by atoms with Crippen LogP contribution < -0.4 is 5.32 Å². The van der Waals surface area contributed by atoms with Gasteiger partial charge in [-0.1, -0.05) is 6.92 Å². The smallest absolute Gasteiger partial charge is 0.154 e. The van der Waals surface area contributed by atoms with Crippen molar-refractivity contribution in [2.24, 2.45) is 0 Å². The molecule has 0 atom stereocenters. The summed E-state index contributed by atoms with van der Waals surface area (Å²) in [5.41, 5.74) is 0. The van der Waals surface area contributed by atoms with Gasteiger partial charge in [0.15, 0.2) is 9.84 Å². The van der Waals surface area contributed by atoms with Gasteiger partial charge in [0.1, 0.15) is 0 Å². The lowest BCUT2D eigenvalue weighted by Crippen LogP contribution is -2.35. The van der Waals surface area contributed by atoms with E-state index in [1.54, 1.807) is 13.8 Å². The second-order valence-corrected chi connectivity index (χ2v) is 7.99. The van der Waals surface area contributed by atoms with E-state index in [-0.39, 0.29) is 17.1 Å². The molecule has 0 radical (unpaired) electrons. The standard InChI is InChI=1S/C13H27NO3S/c1-4-14-12-5-7-13(8-6-12)17-9-10-18(15,16)11(2)3/h11-14H,4-10H2,1-3H3. The summed E-state index contributed by atoms with van der Waals surface area (Å²) in [7, 11) is -2.96. The van der Waals surface area contributed by atoms with E-state index in [0.717, 1.165) is 32.2 Å². The molecular formula is C13H27NO3S. The Balaban J connectivity index is 2.19. The van der Waals surface area contributed by atoms with E-state index in [4.69, 9.17) is 4.74 Å². The molecule has 4 nitrogen and oxygen atoms in total. The van der Waals surface area contributed by atoms with Crippen LogP contribution in [0.5, 0.6) is 0 Å². The first kappa shape index (κ1) is 15.9. The van der Waals surface area contributed by atoms with Crippen molar-refractivity contribution in [3.63, 3.8) is 0 Å². The zero-order valence-corrected chi connectivity index (χ0v) is 12.6. The fourth-order valence-corrected chi connectivity index (χ4v) is 3.09. The Labute approximate surface area is 111 Å². The molecule has 1 saturated carbocycles. The van der Waals surface area contributed by atoms with Gasteiger partial charge < -0.3 is 10.1 Å². The van der Waals surface area contributed by atoms with E-state index in [2.05, 4.69) is 12.2 Å². The number of rotatable bonds is 7. The molecule has 0 saturated heterocycles. The first-order valence-corrected chi connectivity index (χ1v) is 8.73. The number of sulfone groups is 1. The van der Waals surface area contributed by atoms with Gasteiger partial charge >= 0.3 is 0 Å². The van der Waals surface area contributed by atoms with Crippen molar-refractivity contribution in [3.8, 4) is 0 Å². The summed E-state index contributed by atoms with van der Waals surface area (Å²) >= 11 is 0. The molecule has 1 aliphatic carbocycles. The van der Waals surface area contributed by atoms with Crippen LogP contribution >= 0.6 is 0 Å². The third-order valence-electron chi connectivity index (χ3n) is 3.61. The first-order valence-electron chi connectivity index (χ1n) is 7.02. The Hall–Kier alpha value is -0.130. The fourth-order valence-electron chi connectivity index (χ4n) is 2.29. The second-order valence-electron chi connectivity index (χ2n) is 5.32. The van der Waals surface area contributed by atoms with Gasteiger partial charge in [0.2, 0.25) is 0 Å². The lowest BCUT2D eigenvalue weighted by atomic mass is 9.93. The second kappa shape index (κ2) is 7.46. The van der Waals surface area contributed by atoms with Crippen molar-refractivity contribution in [1.29, 1.82) is 0 Å². The SMILES string of the molecule is CCNC1CCC(OCCS(=O)(=O)C(C)C)CC1. The molecule has 1 N–H and O–H groups in total. The van der Waals surface area contributed by atoms with Crippen molar-refractivity contribution in [1.82, 2.24) is 5.32 Å². The Morgan fingerprint density at radius 2 is 1.83 bits per heavy atom. The molecule has 0 aromatic rings. The molecule has 108 valence electrons. The number of hydrogen-bond acceptors (Lipinski definition) is 4. The van der Waals surface area contributed by atoms with Crippen molar-refractivity contribution < 1.29 is 13.2 Å². The van der Waals surface area contributed by atoms with Crippen LogP contribution in [0.4, 0.5) is 0 Å². The summed E-state index contributed by atoms with van der Waals surface area (Å²) in [5, 5.41) is 3.15. The predicted molar refractivity (Wildman–Crippen MR) is 74.6 cm³/mol. The van der Waals surface area contributed by atoms with E-state index in [1.807, 2.05) is 0 Å². The van der Waals surface area contributed by atoms with Crippen LogP contribution in [-0.2, 0) is 14.6 Å². The third-order valence-corrected chi connectivity index (χ3v) is 5.78. The fraction of sp³-hybridized carbons (Fsp3) is 1.00. The Kier molecular flexibility index (Phi) is 6.60. The molecule has 0 aliphatic heterocycles. The molecule has 1 rings (SSSR count). The minimum absolute atomic E-state index is 0.151. The van der Waals surface area contributed by atoms with E-state index in [0.29, 0.717) is 12.6 Å². The molecule has 0 amide bonds. The Morgan fingerprint density at radius 3 is 2.33 bits per heavy atom. The summed E-state index contributed by atoms with van der Waals surface area (Å²) in [6, 6.07) is 0.620. The van der Waals surface area contributed by atoms with Crippen LogP contribution in [0, 0.1) is 0 Å². The normalized spacial score (nSPS) is 25.6. The maximum atomic E-state index is 11.6. The van der Waals surface area contributed by atoms with E-state index in [1.165, 1.54) is 0 Å². The molecule has 0 spiro atoms. The highest BCUT2D eigenvalue weighted by Gasteiger charge is 2.22. The molecule has 0 bridgehead atoms. The highest BCUT2D eigenvalue weighted by Crippen LogP contribution is 2.21. The van der Waals surface area contributed by atoms with Gasteiger partial charge in [-0.2, -0.15) is 0 Å². The van der Waals surface area contributed by atoms with Crippen LogP contribution in [0.25, 0.3) is 0 Å². The number of hydrogen-bond donors (Lipinski definition) is 1. The summed E-state index contributed by atoms with van der Waals surface area (Å²) in [6.07, 6.45) is 4.60. The van der Waals surface area contributed by atoms with Crippen LogP contribution in [0.2, 0.25) is 0 Å². The quantitative estimate of drug-likeness (QED) is 0.770. The highest BCUT2D eigenvalue weighted by molar-refractivity contribution is 7.91. The van der Waals surface area contributed by atoms with Gasteiger partial charge in [-0.15, -0.1) is 0 Å². The zero-order chi connectivity index (χ0) is 13.6. The molecule has 5 heteroatoms. The van der Waals surface area contributed by atoms with Crippen molar-refractivity contribution in [2.45, 2.75) is 63.9 Å². The van der Waals surface area contributed by atoms with Crippen molar-refractivity contribution in [3.05, 3.63) is 0 Å². The lowest BCUT2D eigenvalue weighted by Gasteiger charge is -2.29. The van der Waals surface area contributed by atoms with E-state index >= 15 is 0 Å². The molecule has 0 unspecified atom stereocenters. The zero-order valence-electron chi connectivity index (χ0n) is 11.8. The maximum absolute atomic E-state index is 11.6. The van der Waals surface area contributed by atoms with Gasteiger partial charge in [0, 0.05) is 6.04 Å². The van der Waals surface area contributed by atoms with Crippen LogP contribution in [-0.4, -0.2) is 44.7 Å². The first-order chi connectivity index (χ1) is 8.45. The van der Waals surface area contributed by atoms with Gasteiger partial charge in [-0.25, -0.2) is 8.42 Å². The molecule has 1 aliphatic rings. The van der Waals surface area contributed by atoms with Crippen molar-refractivity contribution in [2.75, 3.05) is 18.9 Å². The van der Waals surface area contributed by atoms with Crippen LogP contribution in [0.3, 0.4) is 0 Å². The topological polar surface area (TPSA) is 55.4 Å². The van der Waals surface area contributed by atoms with Gasteiger partial charge in [-0.3, -0.25) is 0 Å². The Bertz CT molecular complexity index is 319. The van der Waals surface area contributed by atoms with Gasteiger partial charge in [-0.05, 0) is 46.1 Å². The van der Waals surface area contributed by atoms with Gasteiger partial charge in [0.05, 0.1) is 23.7 Å². The molecule has 0 aromatic carbocycles. The van der Waals surface area contributed by atoms with Gasteiger partial charge in [0.25, 0.3) is 0 Å². The molecule has 18 heavy (non-hydrogen) atoms. The lowest BCUT2D eigenvalue weighted by molar-refractivity contribution is 0.0316. The predicted octanol–water partition coefficient (Wildman–Crippen LogP) is 1.75. The van der Waals surface area contributed by atoms with Crippen LogP contribution in [0.15, 0.2) is 0 Å². The number of ether oxygens (including phenoxy) is 1. The summed E-state index contributed by atoms with van der Waals surface area (Å²) in [5.74, 6) is 0.151. The van der Waals surface area contributed by atoms with E-state index in [9.17, 15) is 8.42 Å². The average molecular weight is 277 g/mol. The summed E-state index contributed by atoms with van der Waals surface area (Å²) < 4.78 is 28.9. The summed E-state index contributed by atoms with van der Waals surface area (Å²) in [4.78, 5) is 0. The molecule has 0 heterocycles. The number of nitrogens with one attached hydrogen (secondary N) is 1.